The Kier molecular flexibility index (Phi) is 6.93. The summed E-state index contributed by atoms with van der Waals surface area (Å²) in [5.74, 6) is -1.55. The van der Waals surface area contributed by atoms with Crippen molar-refractivity contribution in [3.63, 3.8) is 0 Å². The first kappa shape index (κ1) is 23.9. The van der Waals surface area contributed by atoms with E-state index in [9.17, 15) is 9.59 Å². The molecular weight excluding hydrogens is 350 g/mol. The molecule has 156 valence electrons. The number of anilines is 1. The standard InChI is InChI=1S/C24H37NO3/c1-12-13-25(20(26)21(27)28-11)19-17(23(5,6)7)14-16(22(2,3)4)15-18(19)24(8,9)10/h12,14-15H,1,13H2,2-11H3. The highest BCUT2D eigenvalue weighted by molar-refractivity contribution is 6.38. The van der Waals surface area contributed by atoms with Crippen molar-refractivity contribution >= 4 is 17.6 Å². The third kappa shape index (κ3) is 5.24. The summed E-state index contributed by atoms with van der Waals surface area (Å²) in [6.45, 7) is 23.3. The van der Waals surface area contributed by atoms with Gasteiger partial charge in [-0.3, -0.25) is 9.69 Å². The van der Waals surface area contributed by atoms with Gasteiger partial charge in [0.2, 0.25) is 0 Å². The number of rotatable bonds is 3. The van der Waals surface area contributed by atoms with E-state index in [2.05, 4.69) is 81.0 Å². The Morgan fingerprint density at radius 2 is 1.36 bits per heavy atom. The molecule has 0 fully saturated rings. The summed E-state index contributed by atoms with van der Waals surface area (Å²) in [6, 6.07) is 4.34. The maximum absolute atomic E-state index is 12.9. The monoisotopic (exact) mass is 387 g/mol. The first-order chi connectivity index (χ1) is 12.6. The summed E-state index contributed by atoms with van der Waals surface area (Å²) >= 11 is 0. The first-order valence-electron chi connectivity index (χ1n) is 9.76. The summed E-state index contributed by atoms with van der Waals surface area (Å²) in [6.07, 6.45) is 1.64. The van der Waals surface area contributed by atoms with Gasteiger partial charge in [-0.25, -0.2) is 4.79 Å². The number of benzene rings is 1. The van der Waals surface area contributed by atoms with Gasteiger partial charge >= 0.3 is 11.9 Å². The molecule has 1 rings (SSSR count). The van der Waals surface area contributed by atoms with Gasteiger partial charge in [-0.1, -0.05) is 80.5 Å². The van der Waals surface area contributed by atoms with Crippen molar-refractivity contribution in [1.82, 2.24) is 0 Å². The van der Waals surface area contributed by atoms with Gasteiger partial charge in [0.1, 0.15) is 0 Å². The van der Waals surface area contributed by atoms with Crippen LogP contribution in [0.4, 0.5) is 5.69 Å². The molecule has 0 heterocycles. The third-order valence-electron chi connectivity index (χ3n) is 4.78. The minimum Gasteiger partial charge on any atom is -0.462 e. The molecule has 0 aliphatic heterocycles. The highest BCUT2D eigenvalue weighted by atomic mass is 16.5. The van der Waals surface area contributed by atoms with Gasteiger partial charge in [0.25, 0.3) is 0 Å². The van der Waals surface area contributed by atoms with E-state index >= 15 is 0 Å². The molecule has 1 amide bonds. The fourth-order valence-electron chi connectivity index (χ4n) is 3.10. The van der Waals surface area contributed by atoms with Gasteiger partial charge in [0.15, 0.2) is 0 Å². The van der Waals surface area contributed by atoms with E-state index < -0.39 is 11.9 Å². The third-order valence-corrected chi connectivity index (χ3v) is 4.78. The molecule has 0 saturated carbocycles. The van der Waals surface area contributed by atoms with Crippen LogP contribution in [0.15, 0.2) is 24.8 Å². The van der Waals surface area contributed by atoms with E-state index in [0.717, 1.165) is 16.8 Å². The topological polar surface area (TPSA) is 46.6 Å². The van der Waals surface area contributed by atoms with Crippen LogP contribution >= 0.6 is 0 Å². The summed E-state index contributed by atoms with van der Waals surface area (Å²) in [4.78, 5) is 26.5. The van der Waals surface area contributed by atoms with Gasteiger partial charge in [0, 0.05) is 6.54 Å². The quantitative estimate of drug-likeness (QED) is 0.403. The molecule has 28 heavy (non-hydrogen) atoms. The molecule has 0 spiro atoms. The number of carbonyl (C=O) groups excluding carboxylic acids is 2. The molecule has 4 heteroatoms. The van der Waals surface area contributed by atoms with Crippen LogP contribution in [0.2, 0.25) is 0 Å². The predicted octanol–water partition coefficient (Wildman–Crippen LogP) is 5.27. The van der Waals surface area contributed by atoms with Crippen LogP contribution in [-0.4, -0.2) is 25.5 Å². The highest BCUT2D eigenvalue weighted by Crippen LogP contribution is 2.43. The number of nitrogens with zero attached hydrogens (tertiary/aromatic N) is 1. The minimum atomic E-state index is -0.874. The highest BCUT2D eigenvalue weighted by Gasteiger charge is 2.35. The van der Waals surface area contributed by atoms with Crippen LogP contribution in [-0.2, 0) is 30.6 Å². The number of amides is 1. The molecule has 0 unspecified atom stereocenters. The van der Waals surface area contributed by atoms with Crippen molar-refractivity contribution in [1.29, 1.82) is 0 Å². The number of carbonyl (C=O) groups is 2. The molecule has 0 saturated heterocycles. The summed E-state index contributed by atoms with van der Waals surface area (Å²) < 4.78 is 4.73. The maximum atomic E-state index is 12.9. The van der Waals surface area contributed by atoms with Gasteiger partial charge in [-0.05, 0) is 32.9 Å². The average Bonchev–Trinajstić information content (AvgIpc) is 2.54. The Labute approximate surface area is 171 Å². The zero-order valence-corrected chi connectivity index (χ0v) is 19.3. The molecule has 0 aromatic heterocycles. The van der Waals surface area contributed by atoms with Crippen molar-refractivity contribution in [3.8, 4) is 0 Å². The molecule has 4 nitrogen and oxygen atoms in total. The lowest BCUT2D eigenvalue weighted by Crippen LogP contribution is -2.40. The maximum Gasteiger partial charge on any atom is 0.397 e. The Balaban J connectivity index is 4.04. The van der Waals surface area contributed by atoms with E-state index in [4.69, 9.17) is 4.74 Å². The second-order valence-electron chi connectivity index (χ2n) is 10.4. The minimum absolute atomic E-state index is 0.0475. The van der Waals surface area contributed by atoms with Crippen molar-refractivity contribution in [2.45, 2.75) is 78.6 Å². The predicted molar refractivity (Wildman–Crippen MR) is 117 cm³/mol. The Bertz CT molecular complexity index is 721. The molecule has 1 aromatic rings. The molecular formula is C24H37NO3. The first-order valence-corrected chi connectivity index (χ1v) is 9.76. The number of hydrogen-bond donors (Lipinski definition) is 0. The SMILES string of the molecule is C=CCN(C(=O)C(=O)OC)c1c(C(C)(C)C)cc(C(C)(C)C)cc1C(C)(C)C. The lowest BCUT2D eigenvalue weighted by atomic mass is 9.74. The van der Waals surface area contributed by atoms with Gasteiger partial charge in [-0.15, -0.1) is 6.58 Å². The van der Waals surface area contributed by atoms with Crippen molar-refractivity contribution in [2.24, 2.45) is 0 Å². The van der Waals surface area contributed by atoms with E-state index in [1.807, 2.05) is 0 Å². The average molecular weight is 388 g/mol. The fourth-order valence-corrected chi connectivity index (χ4v) is 3.10. The molecule has 1 aromatic carbocycles. The second kappa shape index (κ2) is 8.10. The largest absolute Gasteiger partial charge is 0.462 e. The molecule has 0 N–H and O–H groups in total. The lowest BCUT2D eigenvalue weighted by Gasteiger charge is -2.37. The van der Waals surface area contributed by atoms with E-state index in [0.29, 0.717) is 0 Å². The van der Waals surface area contributed by atoms with E-state index in [-0.39, 0.29) is 22.8 Å². The smallest absolute Gasteiger partial charge is 0.397 e. The Morgan fingerprint density at radius 1 is 0.929 bits per heavy atom. The molecule has 0 aliphatic carbocycles. The lowest BCUT2D eigenvalue weighted by molar-refractivity contribution is -0.151. The zero-order chi connectivity index (χ0) is 22.1. The van der Waals surface area contributed by atoms with Crippen LogP contribution in [0.3, 0.4) is 0 Å². The van der Waals surface area contributed by atoms with Gasteiger partial charge < -0.3 is 4.74 Å². The second-order valence-corrected chi connectivity index (χ2v) is 10.4. The Morgan fingerprint density at radius 3 is 1.64 bits per heavy atom. The normalized spacial score (nSPS) is 12.5. The zero-order valence-electron chi connectivity index (χ0n) is 19.3. The van der Waals surface area contributed by atoms with E-state index in [1.54, 1.807) is 6.08 Å². The molecule has 0 aliphatic rings. The summed E-state index contributed by atoms with van der Waals surface area (Å²) in [7, 11) is 1.23. The van der Waals surface area contributed by atoms with Crippen molar-refractivity contribution < 1.29 is 14.3 Å². The van der Waals surface area contributed by atoms with Gasteiger partial charge in [-0.2, -0.15) is 0 Å². The van der Waals surface area contributed by atoms with Crippen LogP contribution < -0.4 is 4.90 Å². The number of ether oxygens (including phenoxy) is 1. The van der Waals surface area contributed by atoms with E-state index in [1.165, 1.54) is 17.6 Å². The molecule has 0 bridgehead atoms. The van der Waals surface area contributed by atoms with Crippen LogP contribution in [0.5, 0.6) is 0 Å². The number of methoxy groups -OCH3 is 1. The number of hydrogen-bond acceptors (Lipinski definition) is 3. The summed E-state index contributed by atoms with van der Waals surface area (Å²) in [5.41, 5.74) is 3.54. The number of esters is 1. The van der Waals surface area contributed by atoms with Crippen LogP contribution in [0.1, 0.15) is 79.0 Å². The van der Waals surface area contributed by atoms with Crippen LogP contribution in [0, 0.1) is 0 Å². The van der Waals surface area contributed by atoms with Crippen molar-refractivity contribution in [2.75, 3.05) is 18.6 Å². The van der Waals surface area contributed by atoms with Crippen LogP contribution in [0.25, 0.3) is 0 Å². The Hall–Kier alpha value is -2.10. The summed E-state index contributed by atoms with van der Waals surface area (Å²) in [5, 5.41) is 0. The molecule has 0 atom stereocenters. The van der Waals surface area contributed by atoms with Crippen molar-refractivity contribution in [3.05, 3.63) is 41.5 Å². The van der Waals surface area contributed by atoms with Gasteiger partial charge in [0.05, 0.1) is 12.8 Å². The molecule has 0 radical (unpaired) electrons. The fraction of sp³-hybridized carbons (Fsp3) is 0.583.